The minimum Gasteiger partial charge on any atom is -0.0651 e. The minimum atomic E-state index is 0.614. The van der Waals surface area contributed by atoms with Crippen molar-refractivity contribution in [3.8, 4) is 0 Å². The molecule has 0 spiro atoms. The third-order valence-electron chi connectivity index (χ3n) is 9.20. The first kappa shape index (κ1) is 16.8. The Kier molecular flexibility index (Phi) is 4.70. The van der Waals surface area contributed by atoms with Gasteiger partial charge in [-0.3, -0.25) is 0 Å². The van der Waals surface area contributed by atoms with Crippen LogP contribution >= 0.6 is 0 Å². The highest BCUT2D eigenvalue weighted by atomic mass is 14.6. The molecule has 0 bridgehead atoms. The lowest BCUT2D eigenvalue weighted by Gasteiger charge is -2.62. The van der Waals surface area contributed by atoms with Crippen LogP contribution in [0.5, 0.6) is 0 Å². The van der Waals surface area contributed by atoms with Crippen molar-refractivity contribution in [3.05, 3.63) is 0 Å². The van der Waals surface area contributed by atoms with Crippen molar-refractivity contribution in [1.82, 2.24) is 0 Å². The van der Waals surface area contributed by atoms with Gasteiger partial charge in [0.2, 0.25) is 0 Å². The molecule has 3 fully saturated rings. The van der Waals surface area contributed by atoms with Crippen molar-refractivity contribution in [3.63, 3.8) is 0 Å². The molecule has 0 aromatic heterocycles. The minimum absolute atomic E-state index is 0.614. The van der Waals surface area contributed by atoms with Gasteiger partial charge in [-0.15, -0.1) is 0 Å². The predicted molar refractivity (Wildman–Crippen MR) is 96.9 cm³/mol. The van der Waals surface area contributed by atoms with Crippen LogP contribution < -0.4 is 0 Å². The van der Waals surface area contributed by atoms with Gasteiger partial charge in [0.25, 0.3) is 0 Å². The molecule has 3 saturated carbocycles. The Balaban J connectivity index is 1.88. The molecular formula is C22H40. The second-order valence-corrected chi connectivity index (χ2v) is 9.66. The average Bonchev–Trinajstić information content (AvgIpc) is 2.53. The molecule has 0 aliphatic heterocycles. The summed E-state index contributed by atoms with van der Waals surface area (Å²) in [6.45, 7) is 12.8. The summed E-state index contributed by atoms with van der Waals surface area (Å²) in [6.07, 6.45) is 15.0. The highest BCUT2D eigenvalue weighted by molar-refractivity contribution is 5.05. The third-order valence-corrected chi connectivity index (χ3v) is 9.20. The molecule has 0 heterocycles. The van der Waals surface area contributed by atoms with Gasteiger partial charge < -0.3 is 0 Å². The van der Waals surface area contributed by atoms with E-state index in [2.05, 4.69) is 34.6 Å². The summed E-state index contributed by atoms with van der Waals surface area (Å²) in [5, 5.41) is 0. The lowest BCUT2D eigenvalue weighted by molar-refractivity contribution is -0.126. The summed E-state index contributed by atoms with van der Waals surface area (Å²) in [6, 6.07) is 0. The third kappa shape index (κ3) is 2.39. The molecule has 128 valence electrons. The normalized spacial score (nSPS) is 50.0. The molecule has 3 aliphatic rings. The van der Waals surface area contributed by atoms with Crippen LogP contribution in [0.25, 0.3) is 0 Å². The zero-order chi connectivity index (χ0) is 16.0. The van der Waals surface area contributed by atoms with Gasteiger partial charge in [-0.2, -0.15) is 0 Å². The van der Waals surface area contributed by atoms with Crippen molar-refractivity contribution in [2.24, 2.45) is 40.4 Å². The fraction of sp³-hybridized carbons (Fsp3) is 1.00. The summed E-state index contributed by atoms with van der Waals surface area (Å²) >= 11 is 0. The maximum atomic E-state index is 2.70. The average molecular weight is 305 g/mol. The van der Waals surface area contributed by atoms with Gasteiger partial charge >= 0.3 is 0 Å². The second kappa shape index (κ2) is 6.14. The molecule has 7 atom stereocenters. The van der Waals surface area contributed by atoms with Crippen LogP contribution in [-0.2, 0) is 0 Å². The van der Waals surface area contributed by atoms with Gasteiger partial charge in [0, 0.05) is 0 Å². The lowest BCUT2D eigenvalue weighted by Crippen LogP contribution is -2.54. The van der Waals surface area contributed by atoms with Crippen LogP contribution in [0.15, 0.2) is 0 Å². The fourth-order valence-electron chi connectivity index (χ4n) is 7.49. The molecule has 0 amide bonds. The van der Waals surface area contributed by atoms with E-state index in [0.29, 0.717) is 10.8 Å². The molecular weight excluding hydrogens is 264 g/mol. The van der Waals surface area contributed by atoms with Crippen molar-refractivity contribution < 1.29 is 0 Å². The van der Waals surface area contributed by atoms with Crippen LogP contribution in [0.1, 0.15) is 98.8 Å². The molecule has 0 aromatic carbocycles. The molecule has 3 rings (SSSR count). The number of hydrogen-bond donors (Lipinski definition) is 0. The Bertz CT molecular complexity index is 379. The molecule has 3 aliphatic carbocycles. The maximum absolute atomic E-state index is 2.70. The van der Waals surface area contributed by atoms with E-state index in [4.69, 9.17) is 0 Å². The first-order chi connectivity index (χ1) is 10.5. The second-order valence-electron chi connectivity index (χ2n) is 9.66. The molecule has 0 aromatic rings. The first-order valence-electron chi connectivity index (χ1n) is 10.5. The molecule has 0 N–H and O–H groups in total. The lowest BCUT2D eigenvalue weighted by atomic mass is 9.43. The van der Waals surface area contributed by atoms with Gasteiger partial charge in [0.15, 0.2) is 0 Å². The van der Waals surface area contributed by atoms with Crippen LogP contribution in [0, 0.1) is 40.4 Å². The van der Waals surface area contributed by atoms with E-state index in [1.54, 1.807) is 19.3 Å². The smallest absolute Gasteiger partial charge is 0.0266 e. The number of hydrogen-bond acceptors (Lipinski definition) is 0. The highest BCUT2D eigenvalue weighted by Crippen LogP contribution is 2.64. The van der Waals surface area contributed by atoms with Crippen molar-refractivity contribution >= 4 is 0 Å². The zero-order valence-corrected chi connectivity index (χ0v) is 16.0. The van der Waals surface area contributed by atoms with E-state index in [9.17, 15) is 0 Å². The Labute approximate surface area is 139 Å². The topological polar surface area (TPSA) is 0 Å². The summed E-state index contributed by atoms with van der Waals surface area (Å²) < 4.78 is 0. The molecule has 22 heavy (non-hydrogen) atoms. The Morgan fingerprint density at radius 1 is 0.955 bits per heavy atom. The quantitative estimate of drug-likeness (QED) is 0.522. The molecule has 7 unspecified atom stereocenters. The number of fused-ring (bicyclic) bond motifs is 3. The van der Waals surface area contributed by atoms with Crippen LogP contribution in [0.2, 0.25) is 0 Å². The summed E-state index contributed by atoms with van der Waals surface area (Å²) in [4.78, 5) is 0. The van der Waals surface area contributed by atoms with E-state index < -0.39 is 0 Å². The SMILES string of the molecule is CCC(C)C1(C)CCC2C(CCC3CCCCC32C)C1CC. The van der Waals surface area contributed by atoms with Gasteiger partial charge in [-0.25, -0.2) is 0 Å². The highest BCUT2D eigenvalue weighted by Gasteiger charge is 2.56. The largest absolute Gasteiger partial charge is 0.0651 e. The standard InChI is InChI=1S/C22H40/c1-6-16(3)21(4)15-13-20-18(19(21)7-2)12-11-17-10-8-9-14-22(17,20)5/h16-20H,6-15H2,1-5H3. The summed E-state index contributed by atoms with van der Waals surface area (Å²) in [5.41, 5.74) is 1.31. The predicted octanol–water partition coefficient (Wildman–Crippen LogP) is 7.08. The maximum Gasteiger partial charge on any atom is -0.0266 e. The van der Waals surface area contributed by atoms with Crippen LogP contribution in [-0.4, -0.2) is 0 Å². The fourth-order valence-corrected chi connectivity index (χ4v) is 7.49. The molecule has 0 radical (unpaired) electrons. The van der Waals surface area contributed by atoms with E-state index in [1.165, 1.54) is 44.9 Å². The van der Waals surface area contributed by atoms with E-state index in [1.807, 2.05) is 0 Å². The van der Waals surface area contributed by atoms with Crippen molar-refractivity contribution in [1.29, 1.82) is 0 Å². The van der Waals surface area contributed by atoms with Crippen LogP contribution in [0.4, 0.5) is 0 Å². The molecule has 0 nitrogen and oxygen atoms in total. The molecule has 0 saturated heterocycles. The monoisotopic (exact) mass is 304 g/mol. The summed E-state index contributed by atoms with van der Waals surface area (Å²) in [7, 11) is 0. The Morgan fingerprint density at radius 2 is 1.73 bits per heavy atom. The number of rotatable bonds is 3. The summed E-state index contributed by atoms with van der Waals surface area (Å²) in [5.74, 6) is 5.04. The van der Waals surface area contributed by atoms with Crippen molar-refractivity contribution in [2.75, 3.05) is 0 Å². The molecule has 0 heteroatoms. The van der Waals surface area contributed by atoms with Gasteiger partial charge in [-0.1, -0.05) is 60.3 Å². The van der Waals surface area contributed by atoms with Gasteiger partial charge in [0.05, 0.1) is 0 Å². The van der Waals surface area contributed by atoms with Gasteiger partial charge in [0.1, 0.15) is 0 Å². The Morgan fingerprint density at radius 3 is 2.41 bits per heavy atom. The van der Waals surface area contributed by atoms with Gasteiger partial charge in [-0.05, 0) is 78.9 Å². The van der Waals surface area contributed by atoms with E-state index in [0.717, 1.165) is 29.6 Å². The van der Waals surface area contributed by atoms with Crippen molar-refractivity contribution in [2.45, 2.75) is 98.8 Å². The first-order valence-corrected chi connectivity index (χ1v) is 10.5. The Hall–Kier alpha value is 0. The van der Waals surface area contributed by atoms with Crippen LogP contribution in [0.3, 0.4) is 0 Å². The zero-order valence-electron chi connectivity index (χ0n) is 16.0. The van der Waals surface area contributed by atoms with E-state index in [-0.39, 0.29) is 0 Å². The van der Waals surface area contributed by atoms with E-state index >= 15 is 0 Å².